The molecule has 4 nitrogen and oxygen atoms in total. The summed E-state index contributed by atoms with van der Waals surface area (Å²) in [6, 6.07) is 0. The summed E-state index contributed by atoms with van der Waals surface area (Å²) in [5, 5.41) is 11.3. The molecular formula is C9H16N4. The highest BCUT2D eigenvalue weighted by atomic mass is 15.4. The summed E-state index contributed by atoms with van der Waals surface area (Å²) in [6.45, 7) is 4.25. The number of hydrogen-bond donors (Lipinski definition) is 1. The van der Waals surface area contributed by atoms with Gasteiger partial charge in [0, 0.05) is 26.3 Å². The molecule has 0 radical (unpaired) electrons. The van der Waals surface area contributed by atoms with E-state index >= 15 is 0 Å². The molecular weight excluding hydrogens is 164 g/mol. The second kappa shape index (κ2) is 3.10. The molecule has 1 N–H and O–H groups in total. The first-order valence-corrected chi connectivity index (χ1v) is 4.74. The smallest absolute Gasteiger partial charge is 0.0964 e. The van der Waals surface area contributed by atoms with Gasteiger partial charge in [-0.05, 0) is 18.3 Å². The first kappa shape index (κ1) is 8.69. The van der Waals surface area contributed by atoms with Crippen LogP contribution in [0, 0.1) is 5.41 Å². The summed E-state index contributed by atoms with van der Waals surface area (Å²) in [5.74, 6) is 0. The largest absolute Gasteiger partial charge is 0.311 e. The third kappa shape index (κ3) is 2.28. The molecule has 0 aliphatic heterocycles. The molecule has 0 saturated heterocycles. The molecule has 1 aliphatic rings. The molecule has 0 unspecified atom stereocenters. The summed E-state index contributed by atoms with van der Waals surface area (Å²) in [6.07, 6.45) is 4.67. The average molecular weight is 180 g/mol. The Morgan fingerprint density at radius 1 is 1.62 bits per heavy atom. The van der Waals surface area contributed by atoms with Crippen molar-refractivity contribution < 1.29 is 0 Å². The van der Waals surface area contributed by atoms with Crippen LogP contribution in [-0.2, 0) is 13.6 Å². The lowest BCUT2D eigenvalue weighted by atomic mass is 10.1. The first-order valence-electron chi connectivity index (χ1n) is 4.74. The molecule has 0 spiro atoms. The van der Waals surface area contributed by atoms with Gasteiger partial charge in [-0.3, -0.25) is 4.68 Å². The van der Waals surface area contributed by atoms with Crippen molar-refractivity contribution in [3.63, 3.8) is 0 Å². The lowest BCUT2D eigenvalue weighted by molar-refractivity contribution is 0.496. The van der Waals surface area contributed by atoms with Crippen molar-refractivity contribution in [1.82, 2.24) is 20.3 Å². The molecule has 72 valence electrons. The zero-order chi connectivity index (χ0) is 9.31. The highest BCUT2D eigenvalue weighted by Gasteiger charge is 2.36. The van der Waals surface area contributed by atoms with Crippen LogP contribution in [0.1, 0.15) is 25.5 Å². The molecule has 1 aromatic heterocycles. The minimum atomic E-state index is 0.572. The maximum Gasteiger partial charge on any atom is 0.0964 e. The fraction of sp³-hybridized carbons (Fsp3) is 0.778. The second-order valence-corrected chi connectivity index (χ2v) is 4.30. The Kier molecular flexibility index (Phi) is 2.07. The molecule has 13 heavy (non-hydrogen) atoms. The first-order chi connectivity index (χ1) is 6.18. The highest BCUT2D eigenvalue weighted by Crippen LogP contribution is 2.43. The summed E-state index contributed by atoms with van der Waals surface area (Å²) in [7, 11) is 1.89. The van der Waals surface area contributed by atoms with E-state index in [0.29, 0.717) is 5.41 Å². The van der Waals surface area contributed by atoms with E-state index in [1.54, 1.807) is 4.68 Å². The van der Waals surface area contributed by atoms with Gasteiger partial charge in [0.1, 0.15) is 0 Å². The Bertz CT molecular complexity index is 288. The van der Waals surface area contributed by atoms with E-state index in [1.165, 1.54) is 12.8 Å². The van der Waals surface area contributed by atoms with Gasteiger partial charge in [-0.25, -0.2) is 0 Å². The molecule has 2 rings (SSSR count). The van der Waals surface area contributed by atoms with Crippen molar-refractivity contribution in [3.05, 3.63) is 11.9 Å². The van der Waals surface area contributed by atoms with Crippen LogP contribution in [-0.4, -0.2) is 21.5 Å². The molecule has 0 aromatic carbocycles. The third-order valence-electron chi connectivity index (χ3n) is 2.61. The van der Waals surface area contributed by atoms with E-state index in [-0.39, 0.29) is 0 Å². The molecule has 1 saturated carbocycles. The summed E-state index contributed by atoms with van der Waals surface area (Å²) < 4.78 is 1.73. The maximum absolute atomic E-state index is 4.01. The average Bonchev–Trinajstić information content (AvgIpc) is 2.65. The highest BCUT2D eigenvalue weighted by molar-refractivity contribution is 4.94. The zero-order valence-electron chi connectivity index (χ0n) is 8.25. The van der Waals surface area contributed by atoms with Gasteiger partial charge in [0.05, 0.1) is 5.69 Å². The van der Waals surface area contributed by atoms with Crippen molar-refractivity contribution in [3.8, 4) is 0 Å². The Balaban J connectivity index is 1.73. The van der Waals surface area contributed by atoms with Crippen molar-refractivity contribution in [2.75, 3.05) is 6.54 Å². The Morgan fingerprint density at radius 3 is 2.92 bits per heavy atom. The third-order valence-corrected chi connectivity index (χ3v) is 2.61. The van der Waals surface area contributed by atoms with Crippen LogP contribution in [0.25, 0.3) is 0 Å². The Morgan fingerprint density at radius 2 is 2.38 bits per heavy atom. The number of hydrogen-bond acceptors (Lipinski definition) is 3. The molecule has 0 atom stereocenters. The summed E-state index contributed by atoms with van der Waals surface area (Å²) in [5.41, 5.74) is 1.59. The number of aryl methyl sites for hydroxylation is 1. The number of aromatic nitrogens is 3. The maximum atomic E-state index is 4.01. The van der Waals surface area contributed by atoms with Crippen LogP contribution >= 0.6 is 0 Å². The fourth-order valence-corrected chi connectivity index (χ4v) is 1.36. The lowest BCUT2D eigenvalue weighted by Gasteiger charge is -2.07. The van der Waals surface area contributed by atoms with Crippen molar-refractivity contribution in [2.45, 2.75) is 26.3 Å². The van der Waals surface area contributed by atoms with Crippen LogP contribution in [0.4, 0.5) is 0 Å². The van der Waals surface area contributed by atoms with Gasteiger partial charge in [0.15, 0.2) is 0 Å². The van der Waals surface area contributed by atoms with Gasteiger partial charge < -0.3 is 5.32 Å². The van der Waals surface area contributed by atoms with E-state index in [4.69, 9.17) is 0 Å². The molecule has 0 amide bonds. The van der Waals surface area contributed by atoms with Gasteiger partial charge in [0.2, 0.25) is 0 Å². The van der Waals surface area contributed by atoms with Crippen molar-refractivity contribution in [2.24, 2.45) is 12.5 Å². The number of rotatable bonds is 4. The monoisotopic (exact) mass is 180 g/mol. The summed E-state index contributed by atoms with van der Waals surface area (Å²) >= 11 is 0. The van der Waals surface area contributed by atoms with Crippen LogP contribution < -0.4 is 5.32 Å². The normalized spacial score (nSPS) is 18.9. The minimum Gasteiger partial charge on any atom is -0.311 e. The number of nitrogens with one attached hydrogen (secondary N) is 1. The van der Waals surface area contributed by atoms with Crippen LogP contribution in [0.3, 0.4) is 0 Å². The predicted octanol–water partition coefficient (Wildman–Crippen LogP) is 0.705. The van der Waals surface area contributed by atoms with Gasteiger partial charge in [0.25, 0.3) is 0 Å². The van der Waals surface area contributed by atoms with Gasteiger partial charge >= 0.3 is 0 Å². The topological polar surface area (TPSA) is 42.7 Å². The van der Waals surface area contributed by atoms with Gasteiger partial charge in [-0.2, -0.15) is 0 Å². The quantitative estimate of drug-likeness (QED) is 0.742. The molecule has 4 heteroatoms. The molecule has 1 aromatic rings. The van der Waals surface area contributed by atoms with E-state index in [2.05, 4.69) is 22.6 Å². The van der Waals surface area contributed by atoms with E-state index in [9.17, 15) is 0 Å². The van der Waals surface area contributed by atoms with E-state index in [1.807, 2.05) is 13.2 Å². The Hall–Kier alpha value is -0.900. The van der Waals surface area contributed by atoms with E-state index in [0.717, 1.165) is 18.8 Å². The molecule has 1 fully saturated rings. The van der Waals surface area contributed by atoms with E-state index < -0.39 is 0 Å². The minimum absolute atomic E-state index is 0.572. The van der Waals surface area contributed by atoms with Crippen molar-refractivity contribution in [1.29, 1.82) is 0 Å². The van der Waals surface area contributed by atoms with Crippen LogP contribution in [0.2, 0.25) is 0 Å². The molecule has 1 aliphatic carbocycles. The van der Waals surface area contributed by atoms with Gasteiger partial charge in [-0.15, -0.1) is 5.10 Å². The van der Waals surface area contributed by atoms with Crippen LogP contribution in [0.15, 0.2) is 6.20 Å². The molecule has 1 heterocycles. The summed E-state index contributed by atoms with van der Waals surface area (Å²) in [4.78, 5) is 0. The standard InChI is InChI=1S/C9H16N4/c1-9(3-4-9)7-10-5-8-6-13(2)12-11-8/h6,10H,3-5,7H2,1-2H3. The fourth-order valence-electron chi connectivity index (χ4n) is 1.36. The van der Waals surface area contributed by atoms with Crippen LogP contribution in [0.5, 0.6) is 0 Å². The predicted molar refractivity (Wildman–Crippen MR) is 50.1 cm³/mol. The zero-order valence-corrected chi connectivity index (χ0v) is 8.25. The SMILES string of the molecule is Cn1cc(CNCC2(C)CC2)nn1. The van der Waals surface area contributed by atoms with Gasteiger partial charge in [-0.1, -0.05) is 12.1 Å². The van der Waals surface area contributed by atoms with Crippen molar-refractivity contribution >= 4 is 0 Å². The number of nitrogens with zero attached hydrogens (tertiary/aromatic N) is 3. The lowest BCUT2D eigenvalue weighted by Crippen LogP contribution is -2.21. The Labute approximate surface area is 78.3 Å². The second-order valence-electron chi connectivity index (χ2n) is 4.30. The molecule has 0 bridgehead atoms.